The number of nitrogens with one attached hydrogen (secondary N) is 1. The van der Waals surface area contributed by atoms with Crippen molar-refractivity contribution in [1.82, 2.24) is 4.98 Å². The van der Waals surface area contributed by atoms with Gasteiger partial charge in [0.15, 0.2) is 11.7 Å². The molecule has 118 valence electrons. The number of ether oxygens (including phenoxy) is 1. The van der Waals surface area contributed by atoms with E-state index < -0.39 is 0 Å². The number of anilines is 2. The average molecular weight is 327 g/mol. The van der Waals surface area contributed by atoms with Gasteiger partial charge in [0.1, 0.15) is 5.75 Å². The molecule has 1 amide bonds. The fourth-order valence-electron chi connectivity index (χ4n) is 2.34. The van der Waals surface area contributed by atoms with Gasteiger partial charge in [-0.15, -0.1) is 0 Å². The fraction of sp³-hybridized carbons (Fsp3) is 0.176. The molecule has 2 aromatic carbocycles. The van der Waals surface area contributed by atoms with E-state index in [9.17, 15) is 4.79 Å². The highest BCUT2D eigenvalue weighted by Gasteiger charge is 2.09. The topological polar surface area (TPSA) is 77.2 Å². The van der Waals surface area contributed by atoms with E-state index in [2.05, 4.69) is 10.3 Å². The first-order valence-electron chi connectivity index (χ1n) is 7.18. The van der Waals surface area contributed by atoms with Crippen molar-refractivity contribution in [3.05, 3.63) is 47.5 Å². The molecule has 1 heterocycles. The number of para-hydroxylation sites is 1. The lowest BCUT2D eigenvalue weighted by Gasteiger charge is -2.10. The fourth-order valence-corrected chi connectivity index (χ4v) is 3.20. The Morgan fingerprint density at radius 3 is 2.83 bits per heavy atom. The molecular formula is C17H17N3O2S. The van der Waals surface area contributed by atoms with Crippen LogP contribution in [0, 0.1) is 13.8 Å². The van der Waals surface area contributed by atoms with Gasteiger partial charge in [0.25, 0.3) is 5.91 Å². The Morgan fingerprint density at radius 2 is 2.04 bits per heavy atom. The molecule has 3 aromatic rings. The van der Waals surface area contributed by atoms with Crippen molar-refractivity contribution in [2.24, 2.45) is 0 Å². The summed E-state index contributed by atoms with van der Waals surface area (Å²) in [5.41, 5.74) is 9.31. The molecule has 0 atom stereocenters. The van der Waals surface area contributed by atoms with E-state index in [-0.39, 0.29) is 12.5 Å². The van der Waals surface area contributed by atoms with E-state index in [4.69, 9.17) is 10.5 Å². The minimum Gasteiger partial charge on any atom is -0.483 e. The number of hydrogen-bond acceptors (Lipinski definition) is 5. The van der Waals surface area contributed by atoms with Gasteiger partial charge in [0.05, 0.1) is 10.2 Å². The second kappa shape index (κ2) is 6.26. The first-order valence-corrected chi connectivity index (χ1v) is 7.99. The first-order chi connectivity index (χ1) is 11.0. The number of nitrogens with zero attached hydrogens (tertiary/aromatic N) is 1. The molecule has 0 saturated carbocycles. The number of aryl methyl sites for hydroxylation is 2. The molecular weight excluding hydrogens is 310 g/mol. The van der Waals surface area contributed by atoms with E-state index in [1.54, 1.807) is 0 Å². The van der Waals surface area contributed by atoms with Crippen LogP contribution in [0.4, 0.5) is 10.8 Å². The third-order valence-corrected chi connectivity index (χ3v) is 4.27. The molecule has 0 unspecified atom stereocenters. The van der Waals surface area contributed by atoms with Crippen molar-refractivity contribution in [3.63, 3.8) is 0 Å². The van der Waals surface area contributed by atoms with Gasteiger partial charge in [-0.3, -0.25) is 4.79 Å². The average Bonchev–Trinajstić information content (AvgIpc) is 2.87. The number of nitrogen functional groups attached to an aromatic ring is 1. The van der Waals surface area contributed by atoms with Gasteiger partial charge in [-0.1, -0.05) is 29.5 Å². The lowest BCUT2D eigenvalue weighted by molar-refractivity contribution is -0.118. The summed E-state index contributed by atoms with van der Waals surface area (Å²) in [6.07, 6.45) is 0. The van der Waals surface area contributed by atoms with Gasteiger partial charge in [-0.05, 0) is 43.2 Å². The van der Waals surface area contributed by atoms with E-state index in [1.807, 2.05) is 50.2 Å². The normalized spacial score (nSPS) is 10.7. The summed E-state index contributed by atoms with van der Waals surface area (Å²) < 4.78 is 6.51. The molecule has 0 aliphatic rings. The third kappa shape index (κ3) is 3.43. The predicted octanol–water partition coefficient (Wildman–Crippen LogP) is 3.51. The van der Waals surface area contributed by atoms with Crippen molar-refractivity contribution >= 4 is 38.3 Å². The van der Waals surface area contributed by atoms with Crippen LogP contribution in [0.1, 0.15) is 11.1 Å². The summed E-state index contributed by atoms with van der Waals surface area (Å²) in [5.74, 6) is 0.508. The molecule has 0 aliphatic heterocycles. The van der Waals surface area contributed by atoms with E-state index in [1.165, 1.54) is 11.3 Å². The molecule has 0 bridgehead atoms. The highest BCUT2D eigenvalue weighted by molar-refractivity contribution is 7.22. The maximum Gasteiger partial charge on any atom is 0.262 e. The molecule has 5 nitrogen and oxygen atoms in total. The van der Waals surface area contributed by atoms with Crippen LogP contribution in [-0.4, -0.2) is 17.5 Å². The molecule has 0 spiro atoms. The molecule has 1 aromatic heterocycles. The van der Waals surface area contributed by atoms with Crippen molar-refractivity contribution in [2.75, 3.05) is 17.7 Å². The minimum atomic E-state index is -0.204. The third-order valence-electron chi connectivity index (χ3n) is 3.44. The number of aromatic nitrogens is 1. The van der Waals surface area contributed by atoms with Crippen LogP contribution in [0.15, 0.2) is 36.4 Å². The maximum atomic E-state index is 12.1. The van der Waals surface area contributed by atoms with Gasteiger partial charge >= 0.3 is 0 Å². The molecule has 0 radical (unpaired) electrons. The Balaban J connectivity index is 1.69. The molecule has 6 heteroatoms. The second-order valence-corrected chi connectivity index (χ2v) is 6.36. The smallest absolute Gasteiger partial charge is 0.262 e. The number of thiazole rings is 1. The number of benzene rings is 2. The van der Waals surface area contributed by atoms with Crippen molar-refractivity contribution < 1.29 is 9.53 Å². The number of rotatable bonds is 4. The Hall–Kier alpha value is -2.60. The zero-order valence-corrected chi connectivity index (χ0v) is 13.7. The standard InChI is InChI=1S/C17H17N3O2S/c1-10-5-3-4-6-13(10)22-9-15(21)19-12-7-11(2)16-14(8-12)23-17(18)20-16/h3-8H,9H2,1-2H3,(H2,18,20)(H,19,21). The highest BCUT2D eigenvalue weighted by Crippen LogP contribution is 2.29. The van der Waals surface area contributed by atoms with Crippen LogP contribution in [0.25, 0.3) is 10.2 Å². The largest absolute Gasteiger partial charge is 0.483 e. The van der Waals surface area contributed by atoms with Crippen molar-refractivity contribution in [2.45, 2.75) is 13.8 Å². The van der Waals surface area contributed by atoms with Gasteiger partial charge in [0.2, 0.25) is 0 Å². The number of fused-ring (bicyclic) bond motifs is 1. The monoisotopic (exact) mass is 327 g/mol. The van der Waals surface area contributed by atoms with Crippen LogP contribution >= 0.6 is 11.3 Å². The van der Waals surface area contributed by atoms with E-state index >= 15 is 0 Å². The van der Waals surface area contributed by atoms with Crippen LogP contribution in [0.3, 0.4) is 0 Å². The molecule has 0 saturated heterocycles. The van der Waals surface area contributed by atoms with E-state index in [0.29, 0.717) is 10.9 Å². The Morgan fingerprint density at radius 1 is 1.26 bits per heavy atom. The molecule has 3 N–H and O–H groups in total. The Bertz CT molecular complexity index is 873. The maximum absolute atomic E-state index is 12.1. The summed E-state index contributed by atoms with van der Waals surface area (Å²) in [5, 5.41) is 3.37. The lowest BCUT2D eigenvalue weighted by atomic mass is 10.2. The van der Waals surface area contributed by atoms with Gasteiger partial charge in [-0.25, -0.2) is 4.98 Å². The quantitative estimate of drug-likeness (QED) is 0.769. The van der Waals surface area contributed by atoms with Gasteiger partial charge in [-0.2, -0.15) is 0 Å². The summed E-state index contributed by atoms with van der Waals surface area (Å²) in [6.45, 7) is 3.85. The first kappa shape index (κ1) is 15.3. The second-order valence-electron chi connectivity index (χ2n) is 5.29. The highest BCUT2D eigenvalue weighted by atomic mass is 32.1. The Kier molecular flexibility index (Phi) is 4.16. The van der Waals surface area contributed by atoms with Crippen molar-refractivity contribution in [3.8, 4) is 5.75 Å². The number of carbonyl (C=O) groups is 1. The summed E-state index contributed by atoms with van der Waals surface area (Å²) in [7, 11) is 0. The van der Waals surface area contributed by atoms with Crippen LogP contribution < -0.4 is 15.8 Å². The van der Waals surface area contributed by atoms with Crippen molar-refractivity contribution in [1.29, 1.82) is 0 Å². The summed E-state index contributed by atoms with van der Waals surface area (Å²) in [6, 6.07) is 11.4. The molecule has 23 heavy (non-hydrogen) atoms. The predicted molar refractivity (Wildman–Crippen MR) is 94.1 cm³/mol. The summed E-state index contributed by atoms with van der Waals surface area (Å²) in [4.78, 5) is 16.4. The minimum absolute atomic E-state index is 0.0350. The molecule has 3 rings (SSSR count). The van der Waals surface area contributed by atoms with E-state index in [0.717, 1.165) is 27.0 Å². The molecule has 0 aliphatic carbocycles. The van der Waals surface area contributed by atoms with Gasteiger partial charge in [0, 0.05) is 5.69 Å². The SMILES string of the molecule is Cc1ccccc1OCC(=O)Nc1cc(C)c2nc(N)sc2c1. The van der Waals surface area contributed by atoms with Gasteiger partial charge < -0.3 is 15.8 Å². The van der Waals surface area contributed by atoms with Crippen LogP contribution in [-0.2, 0) is 4.79 Å². The lowest BCUT2D eigenvalue weighted by Crippen LogP contribution is -2.20. The van der Waals surface area contributed by atoms with Crippen LogP contribution in [0.2, 0.25) is 0 Å². The number of nitrogens with two attached hydrogens (primary N) is 1. The number of hydrogen-bond donors (Lipinski definition) is 2. The zero-order valence-electron chi connectivity index (χ0n) is 12.9. The van der Waals surface area contributed by atoms with Crippen LogP contribution in [0.5, 0.6) is 5.75 Å². The zero-order chi connectivity index (χ0) is 16.4. The number of amides is 1. The summed E-state index contributed by atoms with van der Waals surface area (Å²) >= 11 is 1.40. The Labute approximate surface area is 138 Å². The number of carbonyl (C=O) groups excluding carboxylic acids is 1. The molecule has 0 fully saturated rings.